The second kappa shape index (κ2) is 6.43. The maximum atomic E-state index is 12.6. The molecule has 4 nitrogen and oxygen atoms in total. The normalized spacial score (nSPS) is 28.5. The molecule has 0 bridgehead atoms. The molecule has 1 aliphatic heterocycles. The van der Waals surface area contributed by atoms with Gasteiger partial charge in [0, 0.05) is 31.4 Å². The molecule has 0 amide bonds. The minimum Gasteiger partial charge on any atom is -0.306 e. The van der Waals surface area contributed by atoms with Gasteiger partial charge in [-0.05, 0) is 13.5 Å². The van der Waals surface area contributed by atoms with Crippen LogP contribution in [0, 0.1) is 0 Å². The first-order valence-corrected chi connectivity index (χ1v) is 7.58. The fraction of sp³-hybridized carbons (Fsp3) is 1.00. The number of halogens is 2. The molecule has 1 heterocycles. The Morgan fingerprint density at radius 2 is 2.00 bits per heavy atom. The van der Waals surface area contributed by atoms with Gasteiger partial charge in [0.05, 0.1) is 6.61 Å². The van der Waals surface area contributed by atoms with Gasteiger partial charge >= 0.3 is 7.67 Å². The van der Waals surface area contributed by atoms with Gasteiger partial charge < -0.3 is 4.52 Å². The molecular weight excluding hydrogens is 258 g/mol. The van der Waals surface area contributed by atoms with Gasteiger partial charge in [-0.3, -0.25) is 4.57 Å². The van der Waals surface area contributed by atoms with Gasteiger partial charge in [-0.15, -0.1) is 23.2 Å². The summed E-state index contributed by atoms with van der Waals surface area (Å²) in [6.07, 6.45) is 0.913. The summed E-state index contributed by atoms with van der Waals surface area (Å²) in [5, 5.41) is 0. The van der Waals surface area contributed by atoms with E-state index in [1.807, 2.05) is 7.05 Å². The predicted molar refractivity (Wildman–Crippen MR) is 63.8 cm³/mol. The van der Waals surface area contributed by atoms with Crippen molar-refractivity contribution < 1.29 is 9.09 Å². The van der Waals surface area contributed by atoms with Crippen LogP contribution in [0.3, 0.4) is 0 Å². The maximum absolute atomic E-state index is 12.6. The molecule has 0 aromatic rings. The van der Waals surface area contributed by atoms with Gasteiger partial charge in [-0.25, -0.2) is 9.34 Å². The molecule has 0 N–H and O–H groups in total. The molecule has 1 aliphatic rings. The molecule has 1 atom stereocenters. The summed E-state index contributed by atoms with van der Waals surface area (Å²) < 4.78 is 21.5. The quantitative estimate of drug-likeness (QED) is 0.569. The van der Waals surface area contributed by atoms with Crippen molar-refractivity contribution in [3.63, 3.8) is 0 Å². The molecule has 90 valence electrons. The van der Waals surface area contributed by atoms with E-state index in [2.05, 4.69) is 0 Å². The van der Waals surface area contributed by atoms with Crippen LogP contribution in [0.4, 0.5) is 0 Å². The van der Waals surface area contributed by atoms with Crippen LogP contribution in [0.15, 0.2) is 0 Å². The topological polar surface area (TPSA) is 32.8 Å². The highest BCUT2D eigenvalue weighted by molar-refractivity contribution is 7.54. The van der Waals surface area contributed by atoms with Gasteiger partial charge in [0.25, 0.3) is 0 Å². The lowest BCUT2D eigenvalue weighted by Crippen LogP contribution is -2.37. The third kappa shape index (κ3) is 3.32. The number of nitrogens with zero attached hydrogens (tertiary/aromatic N) is 2. The Kier molecular flexibility index (Phi) is 5.90. The molecule has 0 aromatic heterocycles. The minimum absolute atomic E-state index is 0.429. The van der Waals surface area contributed by atoms with E-state index >= 15 is 0 Å². The van der Waals surface area contributed by atoms with E-state index in [0.29, 0.717) is 31.5 Å². The minimum atomic E-state index is -2.85. The van der Waals surface area contributed by atoms with Gasteiger partial charge in [0.1, 0.15) is 0 Å². The number of alkyl halides is 2. The van der Waals surface area contributed by atoms with E-state index in [0.717, 1.165) is 13.0 Å². The van der Waals surface area contributed by atoms with Crippen molar-refractivity contribution in [3.05, 3.63) is 0 Å². The van der Waals surface area contributed by atoms with E-state index in [9.17, 15) is 4.57 Å². The molecule has 0 unspecified atom stereocenters. The van der Waals surface area contributed by atoms with E-state index in [4.69, 9.17) is 27.7 Å². The van der Waals surface area contributed by atoms with Crippen LogP contribution in [0.1, 0.15) is 6.42 Å². The Labute approximate surface area is 101 Å². The molecular formula is C8H17Cl2N2O2P. The van der Waals surface area contributed by atoms with Crippen molar-refractivity contribution in [1.29, 1.82) is 0 Å². The van der Waals surface area contributed by atoms with Crippen molar-refractivity contribution in [1.82, 2.24) is 9.34 Å². The number of hydrogen-bond acceptors (Lipinski definition) is 2. The molecule has 0 aliphatic carbocycles. The first-order chi connectivity index (χ1) is 7.15. The van der Waals surface area contributed by atoms with Gasteiger partial charge in [0.15, 0.2) is 0 Å². The van der Waals surface area contributed by atoms with Crippen molar-refractivity contribution in [3.8, 4) is 0 Å². The highest BCUT2D eigenvalue weighted by atomic mass is 35.5. The fourth-order valence-corrected chi connectivity index (χ4v) is 4.46. The third-order valence-corrected chi connectivity index (χ3v) is 5.39. The summed E-state index contributed by atoms with van der Waals surface area (Å²) in [7, 11) is -1.04. The van der Waals surface area contributed by atoms with Crippen LogP contribution < -0.4 is 0 Å². The van der Waals surface area contributed by atoms with Crippen LogP contribution in [-0.2, 0) is 9.09 Å². The molecule has 15 heavy (non-hydrogen) atoms. The SMILES string of the molecule is CN1CCCO[P@@]1(=O)N(CCCl)CCCl. The Hall–Kier alpha value is 0.690. The van der Waals surface area contributed by atoms with Crippen LogP contribution in [0.5, 0.6) is 0 Å². The largest absolute Gasteiger partial charge is 0.345 e. The zero-order valence-corrected chi connectivity index (χ0v) is 11.3. The fourth-order valence-electron chi connectivity index (χ4n) is 1.56. The summed E-state index contributed by atoms with van der Waals surface area (Å²) in [6.45, 7) is 2.41. The molecule has 1 fully saturated rings. The molecule has 0 spiro atoms. The summed E-state index contributed by atoms with van der Waals surface area (Å²) in [6, 6.07) is 0. The second-order valence-corrected chi connectivity index (χ2v) is 6.63. The number of hydrogen-bond donors (Lipinski definition) is 0. The van der Waals surface area contributed by atoms with Gasteiger partial charge in [0.2, 0.25) is 0 Å². The Bertz CT molecular complexity index is 237. The van der Waals surface area contributed by atoms with Crippen LogP contribution in [0.25, 0.3) is 0 Å². The van der Waals surface area contributed by atoms with Crippen molar-refractivity contribution in [2.24, 2.45) is 0 Å². The first kappa shape index (κ1) is 13.8. The van der Waals surface area contributed by atoms with Crippen LogP contribution in [-0.4, -0.2) is 54.4 Å². The monoisotopic (exact) mass is 274 g/mol. The standard InChI is InChI=1S/C8H17Cl2N2O2P/c1-11-5-2-8-14-15(11,13)12(6-3-9)7-4-10/h2-8H2,1H3/t15-/m1/s1. The summed E-state index contributed by atoms with van der Waals surface area (Å²) >= 11 is 11.4. The molecule has 0 saturated carbocycles. The molecule has 7 heteroatoms. The zero-order valence-electron chi connectivity index (χ0n) is 8.86. The van der Waals surface area contributed by atoms with Gasteiger partial charge in [-0.1, -0.05) is 0 Å². The molecule has 0 radical (unpaired) electrons. The van der Waals surface area contributed by atoms with Crippen LogP contribution >= 0.6 is 30.9 Å². The molecule has 1 saturated heterocycles. The molecule has 0 aromatic carbocycles. The summed E-state index contributed by atoms with van der Waals surface area (Å²) in [4.78, 5) is 0. The number of rotatable bonds is 5. The smallest absolute Gasteiger partial charge is 0.306 e. The van der Waals surface area contributed by atoms with E-state index in [-0.39, 0.29) is 0 Å². The van der Waals surface area contributed by atoms with E-state index in [1.165, 1.54) is 0 Å². The lowest BCUT2D eigenvalue weighted by molar-refractivity contribution is 0.181. The summed E-state index contributed by atoms with van der Waals surface area (Å²) in [5.74, 6) is 0.857. The van der Waals surface area contributed by atoms with Crippen molar-refractivity contribution in [2.75, 3.05) is 45.0 Å². The Morgan fingerprint density at radius 3 is 2.47 bits per heavy atom. The average Bonchev–Trinajstić information content (AvgIpc) is 2.22. The Morgan fingerprint density at radius 1 is 1.40 bits per heavy atom. The first-order valence-electron chi connectivity index (χ1n) is 4.98. The van der Waals surface area contributed by atoms with Gasteiger partial charge in [-0.2, -0.15) is 0 Å². The van der Waals surface area contributed by atoms with E-state index < -0.39 is 7.67 Å². The highest BCUT2D eigenvalue weighted by Gasteiger charge is 2.38. The average molecular weight is 275 g/mol. The highest BCUT2D eigenvalue weighted by Crippen LogP contribution is 2.55. The third-order valence-electron chi connectivity index (χ3n) is 2.36. The van der Waals surface area contributed by atoms with Crippen LogP contribution in [0.2, 0.25) is 0 Å². The van der Waals surface area contributed by atoms with E-state index in [1.54, 1.807) is 9.34 Å². The zero-order chi connectivity index (χ0) is 11.3. The van der Waals surface area contributed by atoms with Crippen molar-refractivity contribution in [2.45, 2.75) is 6.42 Å². The second-order valence-electron chi connectivity index (χ2n) is 3.39. The lowest BCUT2D eigenvalue weighted by atomic mass is 10.5. The Balaban J connectivity index is 2.73. The predicted octanol–water partition coefficient (Wildman–Crippen LogP) is 2.23. The van der Waals surface area contributed by atoms with Crippen molar-refractivity contribution >= 4 is 30.9 Å². The maximum Gasteiger partial charge on any atom is 0.345 e. The lowest BCUT2D eigenvalue weighted by Gasteiger charge is -2.38. The summed E-state index contributed by atoms with van der Waals surface area (Å²) in [5.41, 5.74) is 0. The molecule has 1 rings (SSSR count).